The predicted octanol–water partition coefficient (Wildman–Crippen LogP) is 3.44. The molecule has 1 aromatic carbocycles. The van der Waals surface area contributed by atoms with Crippen molar-refractivity contribution < 1.29 is 23.2 Å². The minimum absolute atomic E-state index is 0.0797. The van der Waals surface area contributed by atoms with E-state index in [1.165, 1.54) is 24.5 Å². The van der Waals surface area contributed by atoms with Gasteiger partial charge >= 0.3 is 12.0 Å². The van der Waals surface area contributed by atoms with Gasteiger partial charge in [-0.2, -0.15) is 0 Å². The molecule has 1 N–H and O–H groups in total. The van der Waals surface area contributed by atoms with Gasteiger partial charge in [0, 0.05) is 13.1 Å². The van der Waals surface area contributed by atoms with Gasteiger partial charge in [-0.15, -0.1) is 8.78 Å². The second kappa shape index (κ2) is 6.49. The summed E-state index contributed by atoms with van der Waals surface area (Å²) in [6, 6.07) is 4.22. The van der Waals surface area contributed by atoms with Crippen molar-refractivity contribution in [2.45, 2.75) is 25.6 Å². The molecule has 2 aromatic rings. The summed E-state index contributed by atoms with van der Waals surface area (Å²) in [6.07, 6.45) is 0.292. The normalized spacial score (nSPS) is 17.6. The number of benzene rings is 1. The number of anilines is 3. The van der Waals surface area contributed by atoms with Crippen LogP contribution in [0.25, 0.3) is 0 Å². The zero-order valence-electron chi connectivity index (χ0n) is 14.0. The van der Waals surface area contributed by atoms with Gasteiger partial charge in [-0.25, -0.2) is 9.97 Å². The number of nitro groups is 1. The van der Waals surface area contributed by atoms with Crippen molar-refractivity contribution in [1.82, 2.24) is 9.97 Å². The quantitative estimate of drug-likeness (QED) is 0.637. The first kappa shape index (κ1) is 17.2. The summed E-state index contributed by atoms with van der Waals surface area (Å²) in [5.41, 5.74) is -0.237. The van der Waals surface area contributed by atoms with Crippen LogP contribution in [0, 0.1) is 10.1 Å². The molecule has 0 saturated carbocycles. The number of nitrogens with one attached hydrogen (secondary N) is 1. The van der Waals surface area contributed by atoms with Gasteiger partial charge < -0.3 is 19.7 Å². The van der Waals surface area contributed by atoms with Gasteiger partial charge in [-0.1, -0.05) is 6.07 Å². The lowest BCUT2D eigenvalue weighted by Gasteiger charge is -2.27. The number of nitrogens with zero attached hydrogens (tertiary/aromatic N) is 4. The first-order valence-corrected chi connectivity index (χ1v) is 8.35. The topological polar surface area (TPSA) is 103 Å². The van der Waals surface area contributed by atoms with Crippen molar-refractivity contribution >= 4 is 23.0 Å². The van der Waals surface area contributed by atoms with Gasteiger partial charge in [0.25, 0.3) is 0 Å². The van der Waals surface area contributed by atoms with Crippen LogP contribution >= 0.6 is 0 Å². The van der Waals surface area contributed by atoms with E-state index in [0.29, 0.717) is 13.1 Å². The Hall–Kier alpha value is -3.24. The van der Waals surface area contributed by atoms with Crippen LogP contribution in [0.3, 0.4) is 0 Å². The molecule has 9 nitrogen and oxygen atoms in total. The van der Waals surface area contributed by atoms with Crippen LogP contribution in [-0.4, -0.2) is 34.3 Å². The molecule has 0 atom stereocenters. The average molecular weight is 379 g/mol. The van der Waals surface area contributed by atoms with Crippen LogP contribution in [0.5, 0.6) is 11.5 Å². The van der Waals surface area contributed by atoms with Crippen LogP contribution in [0.2, 0.25) is 0 Å². The van der Waals surface area contributed by atoms with E-state index in [2.05, 4.69) is 24.8 Å². The smallest absolute Gasteiger partial charge is 0.395 e. The summed E-state index contributed by atoms with van der Waals surface area (Å²) < 4.78 is 35.6. The summed E-state index contributed by atoms with van der Waals surface area (Å²) in [5.74, 6) is -0.317. The Labute approximate surface area is 152 Å². The molecule has 142 valence electrons. The van der Waals surface area contributed by atoms with Gasteiger partial charge in [0.2, 0.25) is 11.6 Å². The molecule has 0 unspecified atom stereocenters. The summed E-state index contributed by atoms with van der Waals surface area (Å²) in [7, 11) is 0. The van der Waals surface area contributed by atoms with E-state index >= 15 is 0 Å². The number of fused-ring (bicyclic) bond motifs is 1. The second-order valence-electron chi connectivity index (χ2n) is 6.12. The van der Waals surface area contributed by atoms with Crippen molar-refractivity contribution in [3.63, 3.8) is 0 Å². The first-order valence-electron chi connectivity index (χ1n) is 8.35. The molecule has 3 heterocycles. The molecule has 2 aliphatic heterocycles. The van der Waals surface area contributed by atoms with E-state index in [4.69, 9.17) is 0 Å². The third-order valence-electron chi connectivity index (χ3n) is 4.32. The standard InChI is InChI=1S/C16H15F2N5O4/c17-16(18)26-11-6-4-5-10(13(11)27-16)21-14-12(23(24)25)15(20-9-19-14)22-7-2-1-3-8-22/h4-6,9H,1-3,7-8H2,(H,19,20,21). The average Bonchev–Trinajstić information content (AvgIpc) is 2.97. The fourth-order valence-corrected chi connectivity index (χ4v) is 3.16. The predicted molar refractivity (Wildman–Crippen MR) is 90.7 cm³/mol. The fraction of sp³-hybridized carbons (Fsp3) is 0.375. The lowest BCUT2D eigenvalue weighted by Crippen LogP contribution is -2.31. The van der Waals surface area contributed by atoms with Gasteiger partial charge in [0.05, 0.1) is 10.6 Å². The molecule has 0 bridgehead atoms. The molecule has 4 rings (SSSR count). The van der Waals surface area contributed by atoms with Crippen LogP contribution in [-0.2, 0) is 0 Å². The molecule has 1 aromatic heterocycles. The maximum Gasteiger partial charge on any atom is 0.586 e. The number of hydrogen-bond donors (Lipinski definition) is 1. The number of aromatic nitrogens is 2. The van der Waals surface area contributed by atoms with E-state index < -0.39 is 11.2 Å². The van der Waals surface area contributed by atoms with E-state index in [-0.39, 0.29) is 34.5 Å². The second-order valence-corrected chi connectivity index (χ2v) is 6.12. The summed E-state index contributed by atoms with van der Waals surface area (Å²) in [5, 5.41) is 14.4. The minimum Gasteiger partial charge on any atom is -0.395 e. The zero-order valence-corrected chi connectivity index (χ0v) is 14.0. The molecule has 11 heteroatoms. The molecular formula is C16H15F2N5O4. The number of para-hydroxylation sites is 1. The summed E-state index contributed by atoms with van der Waals surface area (Å²) in [4.78, 5) is 21.0. The largest absolute Gasteiger partial charge is 0.586 e. The Morgan fingerprint density at radius 2 is 1.96 bits per heavy atom. The minimum atomic E-state index is -3.79. The van der Waals surface area contributed by atoms with E-state index in [1.54, 1.807) is 0 Å². The highest BCUT2D eigenvalue weighted by atomic mass is 19.3. The lowest BCUT2D eigenvalue weighted by molar-refractivity contribution is -0.383. The maximum atomic E-state index is 13.4. The molecule has 0 spiro atoms. The Bertz CT molecular complexity index is 889. The van der Waals surface area contributed by atoms with Crippen LogP contribution in [0.1, 0.15) is 19.3 Å². The Kier molecular flexibility index (Phi) is 4.13. The summed E-state index contributed by atoms with van der Waals surface area (Å²) in [6.45, 7) is 1.31. The molecule has 1 fully saturated rings. The molecule has 0 aliphatic carbocycles. The van der Waals surface area contributed by atoms with Crippen molar-refractivity contribution in [3.8, 4) is 11.5 Å². The summed E-state index contributed by atoms with van der Waals surface area (Å²) >= 11 is 0. The number of hydrogen-bond acceptors (Lipinski definition) is 8. The van der Waals surface area contributed by atoms with Gasteiger partial charge in [-0.05, 0) is 31.4 Å². The molecular weight excluding hydrogens is 364 g/mol. The van der Waals surface area contributed by atoms with Gasteiger partial charge in [0.15, 0.2) is 11.5 Å². The molecule has 27 heavy (non-hydrogen) atoms. The lowest BCUT2D eigenvalue weighted by atomic mass is 10.1. The highest BCUT2D eigenvalue weighted by Gasteiger charge is 2.44. The highest BCUT2D eigenvalue weighted by molar-refractivity contribution is 5.78. The number of halogens is 2. The first-order chi connectivity index (χ1) is 12.9. The Balaban J connectivity index is 1.72. The van der Waals surface area contributed by atoms with Crippen molar-refractivity contribution in [2.24, 2.45) is 0 Å². The number of alkyl halides is 2. The molecule has 0 radical (unpaired) electrons. The fourth-order valence-electron chi connectivity index (χ4n) is 3.16. The van der Waals surface area contributed by atoms with Crippen LogP contribution in [0.4, 0.5) is 31.8 Å². The zero-order chi connectivity index (χ0) is 19.0. The SMILES string of the molecule is O=[N+]([O-])c1c(Nc2cccc3c2OC(F)(F)O3)ncnc1N1CCCCC1. The third-order valence-corrected chi connectivity index (χ3v) is 4.32. The van der Waals surface area contributed by atoms with Gasteiger partial charge in [0.1, 0.15) is 6.33 Å². The maximum absolute atomic E-state index is 13.4. The highest BCUT2D eigenvalue weighted by Crippen LogP contribution is 2.47. The monoisotopic (exact) mass is 379 g/mol. The van der Waals surface area contributed by atoms with Crippen LogP contribution in [0.15, 0.2) is 24.5 Å². The van der Waals surface area contributed by atoms with Crippen molar-refractivity contribution in [3.05, 3.63) is 34.6 Å². The van der Waals surface area contributed by atoms with Crippen molar-refractivity contribution in [1.29, 1.82) is 0 Å². The third kappa shape index (κ3) is 3.27. The Morgan fingerprint density at radius 1 is 1.19 bits per heavy atom. The number of ether oxygens (including phenoxy) is 2. The van der Waals surface area contributed by atoms with E-state index in [0.717, 1.165) is 19.3 Å². The number of piperidine rings is 1. The molecule has 2 aliphatic rings. The van der Waals surface area contributed by atoms with E-state index in [9.17, 15) is 18.9 Å². The van der Waals surface area contributed by atoms with E-state index in [1.807, 2.05) is 4.90 Å². The molecule has 1 saturated heterocycles. The molecule has 0 amide bonds. The Morgan fingerprint density at radius 3 is 2.70 bits per heavy atom. The number of rotatable bonds is 4. The van der Waals surface area contributed by atoms with Gasteiger partial charge in [-0.3, -0.25) is 10.1 Å². The van der Waals surface area contributed by atoms with Crippen molar-refractivity contribution in [2.75, 3.05) is 23.3 Å². The van der Waals surface area contributed by atoms with Crippen LogP contribution < -0.4 is 19.7 Å².